The lowest BCUT2D eigenvalue weighted by Crippen LogP contribution is -2.13. The molecule has 5 atom stereocenters. The van der Waals surface area contributed by atoms with Gasteiger partial charge in [0.2, 0.25) is 0 Å². The summed E-state index contributed by atoms with van der Waals surface area (Å²) in [6.07, 6.45) is 6.67. The molecule has 5 unspecified atom stereocenters. The van der Waals surface area contributed by atoms with E-state index in [9.17, 15) is 25.3 Å². The van der Waals surface area contributed by atoms with E-state index in [1.54, 1.807) is 11.8 Å². The molecule has 0 spiro atoms. The molecule has 0 aliphatic carbocycles. The maximum Gasteiger partial charge on any atom is 0.175 e. The third kappa shape index (κ3) is 43.7. The van der Waals surface area contributed by atoms with Crippen LogP contribution in [0, 0.1) is 59.2 Å². The van der Waals surface area contributed by atoms with E-state index in [0.717, 1.165) is 58.3 Å². The van der Waals surface area contributed by atoms with Gasteiger partial charge in [0.05, 0.1) is 48.6 Å². The molecule has 0 aliphatic rings. The molecule has 0 aromatic heterocycles. The van der Waals surface area contributed by atoms with Gasteiger partial charge < -0.3 is 15.3 Å². The van der Waals surface area contributed by atoms with Crippen LogP contribution in [0.2, 0.25) is 0 Å². The van der Waals surface area contributed by atoms with Crippen LogP contribution in [0.15, 0.2) is 133 Å². The second kappa shape index (κ2) is 52.5. The number of rotatable bonds is 37. The number of aliphatic hydroxyl groups excluding tert-OH is 3. The Balaban J connectivity index is 0.00000122. The molecule has 0 radical (unpaired) electrons. The quantitative estimate of drug-likeness (QED) is 0.0171. The minimum Gasteiger partial charge on any atom is -0.396 e. The first-order valence-corrected chi connectivity index (χ1v) is 45.2. The minimum absolute atomic E-state index is 0.00433. The molecule has 0 fully saturated rings. The van der Waals surface area contributed by atoms with Crippen LogP contribution in [0.5, 0.6) is 0 Å². The largest absolute Gasteiger partial charge is 0.396 e. The normalized spacial score (nSPS) is 13.4. The van der Waals surface area contributed by atoms with Crippen LogP contribution in [-0.2, 0) is 58.4 Å². The molecule has 0 aliphatic heterocycles. The lowest BCUT2D eigenvalue weighted by atomic mass is 9.82. The number of benzene rings is 5. The van der Waals surface area contributed by atoms with Crippen LogP contribution < -0.4 is 0 Å². The topological polar surface area (TPSA) is 163 Å². The highest BCUT2D eigenvalue weighted by Crippen LogP contribution is 2.36. The van der Waals surface area contributed by atoms with Crippen LogP contribution in [0.1, 0.15) is 269 Å². The van der Waals surface area contributed by atoms with Gasteiger partial charge in [-0.25, -0.2) is 25.3 Å². The van der Waals surface area contributed by atoms with E-state index in [1.807, 2.05) is 43.3 Å². The fraction of sp³-hybridized carbons (Fsp3) is 0.628. The highest BCUT2D eigenvalue weighted by Gasteiger charge is 2.23. The summed E-state index contributed by atoms with van der Waals surface area (Å²) in [4.78, 5) is 0. The maximum absolute atomic E-state index is 11.9. The number of sulfone groups is 3. The van der Waals surface area contributed by atoms with Crippen molar-refractivity contribution in [3.63, 3.8) is 0 Å². The molecule has 5 aromatic rings. The lowest BCUT2D eigenvalue weighted by Gasteiger charge is -2.23. The Kier molecular flexibility index (Phi) is 50.7. The standard InChI is InChI=1S/C18H30O2S.C17H28O3S.C17H26O2S.C17H28OS.C15H23Cl.C2H6OS/c1-6-11-21(19,20)13-16-7-9-17(10-8-16)18(15(4)5)12-14(2)3;1-13(2)11-17(14(3)4)16-7-5-15(6-8-16)12-21(19,20)10-9-18;1-6-20(18,19)12-15-7-9-16(10-8-15)17(14(4)5)11-13(2)3;1-13(2)11-17(14(3)4)16-7-5-15(6-8-16)12-19-10-9-18;1-11(2)9-15(12(3)4)14-7-5-13(10-16)6-8-14;3-1-2-4/h7-10,14-15,18H,6,11-13H2,1-5H3;5-8,13-14,17-18H,9-12H2,1-4H3;6-10,13-14,17H,1,11-12H2,2-5H3;5-8,13-14,17-18H,9-12H2,1-4H3;5-8,11-12,15H,9-10H2,1-4H3;3-4H,1-2H2. The van der Waals surface area contributed by atoms with E-state index in [-0.39, 0.29) is 48.6 Å². The van der Waals surface area contributed by atoms with Gasteiger partial charge in [0.15, 0.2) is 29.5 Å². The number of alkyl halides is 1. The molecule has 5 aromatic carbocycles. The van der Waals surface area contributed by atoms with Crippen LogP contribution in [-0.4, -0.2) is 83.4 Å². The zero-order chi connectivity index (χ0) is 77.2. The first-order chi connectivity index (χ1) is 47.2. The first kappa shape index (κ1) is 97.6. The molecular weight excluding hydrogens is 1370 g/mol. The number of halogens is 1. The average Bonchev–Trinajstić information content (AvgIpc) is 0.876. The van der Waals surface area contributed by atoms with Crippen LogP contribution in [0.25, 0.3) is 0 Å². The summed E-state index contributed by atoms with van der Waals surface area (Å²) in [5, 5.41) is 26.4. The van der Waals surface area contributed by atoms with Gasteiger partial charge in [-0.05, 0) is 183 Å². The molecule has 0 bridgehead atoms. The summed E-state index contributed by atoms with van der Waals surface area (Å²) in [6.45, 7) is 50.7. The van der Waals surface area contributed by atoms with Crippen molar-refractivity contribution >= 4 is 65.5 Å². The number of thioether (sulfide) groups is 1. The van der Waals surface area contributed by atoms with Crippen molar-refractivity contribution in [2.24, 2.45) is 59.2 Å². The Labute approximate surface area is 634 Å². The summed E-state index contributed by atoms with van der Waals surface area (Å²) in [5.74, 6) is 12.8. The van der Waals surface area contributed by atoms with Crippen molar-refractivity contribution in [2.45, 2.75) is 242 Å². The number of aliphatic hydroxyl groups is 3. The van der Waals surface area contributed by atoms with Gasteiger partial charge in [0.25, 0.3) is 0 Å². The zero-order valence-corrected chi connectivity index (χ0v) is 71.4. The fourth-order valence-electron chi connectivity index (χ4n) is 12.5. The van der Waals surface area contributed by atoms with Crippen molar-refractivity contribution in [1.29, 1.82) is 0 Å². The second-order valence-electron chi connectivity index (χ2n) is 31.3. The summed E-state index contributed by atoms with van der Waals surface area (Å²) in [5.41, 5.74) is 11.9. The van der Waals surface area contributed by atoms with E-state index in [1.165, 1.54) is 58.2 Å². The third-order valence-corrected chi connectivity index (χ3v) is 23.9. The Morgan fingerprint density at radius 1 is 0.386 bits per heavy atom. The van der Waals surface area contributed by atoms with Gasteiger partial charge in [-0.2, -0.15) is 24.4 Å². The predicted octanol–water partition coefficient (Wildman–Crippen LogP) is 22.5. The van der Waals surface area contributed by atoms with E-state index >= 15 is 0 Å². The molecular formula is C86H141ClO9S5. The summed E-state index contributed by atoms with van der Waals surface area (Å²) < 4.78 is 70.2. The fourth-order valence-corrected chi connectivity index (χ4v) is 16.7. The van der Waals surface area contributed by atoms with Crippen LogP contribution in [0.3, 0.4) is 0 Å². The average molecular weight is 1510 g/mol. The van der Waals surface area contributed by atoms with Gasteiger partial charge in [-0.1, -0.05) is 273 Å². The zero-order valence-electron chi connectivity index (χ0n) is 66.5. The van der Waals surface area contributed by atoms with Gasteiger partial charge in [0.1, 0.15) is 0 Å². The highest BCUT2D eigenvalue weighted by atomic mass is 35.5. The van der Waals surface area contributed by atoms with E-state index in [2.05, 4.69) is 243 Å². The van der Waals surface area contributed by atoms with Crippen LogP contribution in [0.4, 0.5) is 0 Å². The third-order valence-electron chi connectivity index (χ3n) is 17.8. The Morgan fingerprint density at radius 3 is 0.842 bits per heavy atom. The summed E-state index contributed by atoms with van der Waals surface area (Å²) >= 11 is 11.3. The molecule has 5 rings (SSSR count). The lowest BCUT2D eigenvalue weighted by molar-refractivity contribution is 0.319. The van der Waals surface area contributed by atoms with Gasteiger partial charge in [-0.3, -0.25) is 0 Å². The summed E-state index contributed by atoms with van der Waals surface area (Å²) in [6, 6.07) is 42.0. The molecule has 576 valence electrons. The molecule has 0 amide bonds. The van der Waals surface area contributed by atoms with Gasteiger partial charge >= 0.3 is 0 Å². The van der Waals surface area contributed by atoms with E-state index in [4.69, 9.17) is 26.9 Å². The van der Waals surface area contributed by atoms with Crippen LogP contribution >= 0.6 is 36.0 Å². The Hall–Kier alpha value is -3.44. The SMILES string of the molecule is C=CS(=O)(=O)Cc1ccc(C(CC(C)C)C(C)C)cc1.CC(C)CC(c1ccc(CCl)cc1)C(C)C.CC(C)CC(c1ccc(CS(=O)(=O)CCO)cc1)C(C)C.CC(C)CC(c1ccc(CSCCO)cc1)C(C)C.CCCS(=O)(=O)Cc1ccc(C(CC(C)C)C(C)C)cc1.OCCS. The number of hydrogen-bond donors (Lipinski definition) is 4. The maximum atomic E-state index is 11.9. The molecule has 3 N–H and O–H groups in total. The first-order valence-electron chi connectivity index (χ1n) is 37.5. The molecule has 0 saturated heterocycles. The second-order valence-corrected chi connectivity index (χ2v) is 39.5. The van der Waals surface area contributed by atoms with Crippen molar-refractivity contribution < 1.29 is 40.6 Å². The number of thiol groups is 1. The Morgan fingerprint density at radius 2 is 0.634 bits per heavy atom. The molecule has 9 nitrogen and oxygen atoms in total. The molecule has 0 heterocycles. The van der Waals surface area contributed by atoms with Gasteiger partial charge in [0, 0.05) is 28.5 Å². The molecule has 101 heavy (non-hydrogen) atoms. The monoisotopic (exact) mass is 1510 g/mol. The number of hydrogen-bond acceptors (Lipinski definition) is 11. The van der Waals surface area contributed by atoms with E-state index in [0.29, 0.717) is 95.0 Å². The molecule has 0 saturated carbocycles. The predicted molar refractivity (Wildman–Crippen MR) is 446 cm³/mol. The van der Waals surface area contributed by atoms with Crippen molar-refractivity contribution in [3.8, 4) is 0 Å². The minimum atomic E-state index is -3.20. The van der Waals surface area contributed by atoms with E-state index < -0.39 is 29.5 Å². The molecule has 15 heteroatoms. The van der Waals surface area contributed by atoms with Crippen molar-refractivity contribution in [2.75, 3.05) is 42.8 Å². The summed E-state index contributed by atoms with van der Waals surface area (Å²) in [7, 11) is -9.33. The van der Waals surface area contributed by atoms with Crippen molar-refractivity contribution in [1.82, 2.24) is 0 Å². The smallest absolute Gasteiger partial charge is 0.175 e. The van der Waals surface area contributed by atoms with Gasteiger partial charge in [-0.15, -0.1) is 11.6 Å². The van der Waals surface area contributed by atoms with Crippen molar-refractivity contribution in [3.05, 3.63) is 189 Å². The Bertz CT molecular complexity index is 3150. The highest BCUT2D eigenvalue weighted by molar-refractivity contribution is 7.98.